The Hall–Kier alpha value is -1.06. The van der Waals surface area contributed by atoms with Crippen LogP contribution in [-0.4, -0.2) is 26.4 Å². The van der Waals surface area contributed by atoms with Crippen LogP contribution in [0.25, 0.3) is 0 Å². The van der Waals surface area contributed by atoms with E-state index >= 15 is 0 Å². The van der Waals surface area contributed by atoms with Crippen molar-refractivity contribution in [3.05, 3.63) is 29.8 Å². The molecule has 0 radical (unpaired) electrons. The summed E-state index contributed by atoms with van der Waals surface area (Å²) in [4.78, 5) is 0. The monoisotopic (exact) mass is 251 g/mol. The Morgan fingerprint density at radius 2 is 1.89 bits per heavy atom. The van der Waals surface area contributed by atoms with Crippen LogP contribution in [0, 0.1) is 5.92 Å². The van der Waals surface area contributed by atoms with E-state index in [0.717, 1.165) is 32.1 Å². The van der Waals surface area contributed by atoms with Gasteiger partial charge in [0.15, 0.2) is 0 Å². The summed E-state index contributed by atoms with van der Waals surface area (Å²) in [6.07, 6.45) is 0. The van der Waals surface area contributed by atoms with Crippen LogP contribution < -0.4 is 10.1 Å². The lowest BCUT2D eigenvalue weighted by atomic mass is 10.2. The van der Waals surface area contributed by atoms with Gasteiger partial charge < -0.3 is 14.8 Å². The molecule has 1 N–H and O–H groups in total. The van der Waals surface area contributed by atoms with Crippen LogP contribution in [0.1, 0.15) is 26.3 Å². The van der Waals surface area contributed by atoms with Crippen molar-refractivity contribution in [2.45, 2.75) is 27.3 Å². The smallest absolute Gasteiger partial charge is 0.119 e. The molecule has 0 bridgehead atoms. The van der Waals surface area contributed by atoms with Crippen molar-refractivity contribution in [3.63, 3.8) is 0 Å². The maximum Gasteiger partial charge on any atom is 0.119 e. The number of nitrogens with one attached hydrogen (secondary N) is 1. The normalized spacial score (nSPS) is 10.9. The molecule has 3 nitrogen and oxygen atoms in total. The predicted molar refractivity (Wildman–Crippen MR) is 75.0 cm³/mol. The van der Waals surface area contributed by atoms with Crippen molar-refractivity contribution in [3.8, 4) is 5.75 Å². The Bertz CT molecular complexity index is 309. The summed E-state index contributed by atoms with van der Waals surface area (Å²) in [6.45, 7) is 10.4. The fourth-order valence-corrected chi connectivity index (χ4v) is 1.57. The average Bonchev–Trinajstić information content (AvgIpc) is 2.35. The van der Waals surface area contributed by atoms with Crippen LogP contribution in [-0.2, 0) is 11.3 Å². The third kappa shape index (κ3) is 6.62. The fraction of sp³-hybridized carbons (Fsp3) is 0.600. The van der Waals surface area contributed by atoms with Gasteiger partial charge in [-0.05, 0) is 30.5 Å². The van der Waals surface area contributed by atoms with E-state index in [9.17, 15) is 0 Å². The van der Waals surface area contributed by atoms with E-state index in [1.807, 2.05) is 19.1 Å². The Balaban J connectivity index is 2.11. The van der Waals surface area contributed by atoms with E-state index in [1.54, 1.807) is 0 Å². The lowest BCUT2D eigenvalue weighted by Crippen LogP contribution is -2.20. The van der Waals surface area contributed by atoms with E-state index in [1.165, 1.54) is 5.56 Å². The second-order valence-corrected chi connectivity index (χ2v) is 4.72. The van der Waals surface area contributed by atoms with Gasteiger partial charge >= 0.3 is 0 Å². The lowest BCUT2D eigenvalue weighted by Gasteiger charge is -2.08. The van der Waals surface area contributed by atoms with Crippen molar-refractivity contribution < 1.29 is 9.47 Å². The van der Waals surface area contributed by atoms with Crippen molar-refractivity contribution in [2.75, 3.05) is 26.4 Å². The molecular weight excluding hydrogens is 226 g/mol. The summed E-state index contributed by atoms with van der Waals surface area (Å²) in [7, 11) is 0. The molecule has 0 unspecified atom stereocenters. The first-order valence-electron chi connectivity index (χ1n) is 6.72. The van der Waals surface area contributed by atoms with Crippen LogP contribution in [0.2, 0.25) is 0 Å². The first-order valence-corrected chi connectivity index (χ1v) is 6.72. The minimum atomic E-state index is 0.608. The minimum Gasteiger partial charge on any atom is -0.494 e. The van der Waals surface area contributed by atoms with Crippen LogP contribution in [0.5, 0.6) is 5.75 Å². The van der Waals surface area contributed by atoms with E-state index in [2.05, 4.69) is 31.3 Å². The van der Waals surface area contributed by atoms with Gasteiger partial charge in [0, 0.05) is 19.7 Å². The number of hydrogen-bond donors (Lipinski definition) is 1. The van der Waals surface area contributed by atoms with Crippen molar-refractivity contribution in [1.82, 2.24) is 5.32 Å². The van der Waals surface area contributed by atoms with E-state index in [4.69, 9.17) is 9.47 Å². The van der Waals surface area contributed by atoms with Gasteiger partial charge in [-0.25, -0.2) is 0 Å². The highest BCUT2D eigenvalue weighted by Crippen LogP contribution is 2.11. The van der Waals surface area contributed by atoms with E-state index in [-0.39, 0.29) is 0 Å². The van der Waals surface area contributed by atoms with Crippen molar-refractivity contribution in [1.29, 1.82) is 0 Å². The summed E-state index contributed by atoms with van der Waals surface area (Å²) in [5, 5.41) is 3.36. The van der Waals surface area contributed by atoms with Crippen LogP contribution in [0.4, 0.5) is 0 Å². The van der Waals surface area contributed by atoms with Crippen LogP contribution in [0.3, 0.4) is 0 Å². The predicted octanol–water partition coefficient (Wildman–Crippen LogP) is 2.85. The Kier molecular flexibility index (Phi) is 7.46. The SMILES string of the molecule is CCOc1ccc(CNCCOCC(C)C)cc1. The highest BCUT2D eigenvalue weighted by molar-refractivity contribution is 5.27. The molecule has 1 rings (SSSR count). The zero-order chi connectivity index (χ0) is 13.2. The van der Waals surface area contributed by atoms with Gasteiger partial charge in [-0.2, -0.15) is 0 Å². The largest absolute Gasteiger partial charge is 0.494 e. The van der Waals surface area contributed by atoms with Gasteiger partial charge in [-0.3, -0.25) is 0 Å². The second-order valence-electron chi connectivity index (χ2n) is 4.72. The molecule has 0 atom stereocenters. The molecule has 0 amide bonds. The van der Waals surface area contributed by atoms with E-state index in [0.29, 0.717) is 12.5 Å². The summed E-state index contributed by atoms with van der Waals surface area (Å²) in [5.74, 6) is 1.54. The number of rotatable bonds is 9. The van der Waals surface area contributed by atoms with E-state index < -0.39 is 0 Å². The highest BCUT2D eigenvalue weighted by atomic mass is 16.5. The van der Waals surface area contributed by atoms with Crippen LogP contribution >= 0.6 is 0 Å². The van der Waals surface area contributed by atoms with Gasteiger partial charge in [0.1, 0.15) is 5.75 Å². The summed E-state index contributed by atoms with van der Waals surface area (Å²) in [5.41, 5.74) is 1.27. The summed E-state index contributed by atoms with van der Waals surface area (Å²) < 4.78 is 10.9. The van der Waals surface area contributed by atoms with Gasteiger partial charge in [0.2, 0.25) is 0 Å². The molecule has 102 valence electrons. The molecule has 1 aromatic rings. The molecule has 0 heterocycles. The Labute approximate surface area is 110 Å². The zero-order valence-electron chi connectivity index (χ0n) is 11.7. The van der Waals surface area contributed by atoms with Gasteiger partial charge in [0.05, 0.1) is 13.2 Å². The highest BCUT2D eigenvalue weighted by Gasteiger charge is 1.96. The fourth-order valence-electron chi connectivity index (χ4n) is 1.57. The maximum absolute atomic E-state index is 5.50. The number of ether oxygens (including phenoxy) is 2. The van der Waals surface area contributed by atoms with Gasteiger partial charge in [-0.1, -0.05) is 26.0 Å². The first kappa shape index (κ1) is 15.0. The standard InChI is InChI=1S/C15H25NO2/c1-4-18-15-7-5-14(6-8-15)11-16-9-10-17-12-13(2)3/h5-8,13,16H,4,9-12H2,1-3H3. The molecule has 0 saturated carbocycles. The molecule has 0 aliphatic rings. The molecule has 3 heteroatoms. The molecule has 0 saturated heterocycles. The molecule has 0 aliphatic carbocycles. The molecule has 0 fully saturated rings. The summed E-state index contributed by atoms with van der Waals surface area (Å²) >= 11 is 0. The van der Waals surface area contributed by atoms with Gasteiger partial charge in [-0.15, -0.1) is 0 Å². The molecular formula is C15H25NO2. The van der Waals surface area contributed by atoms with Crippen molar-refractivity contribution in [2.24, 2.45) is 5.92 Å². The molecule has 0 aromatic heterocycles. The molecule has 0 spiro atoms. The Morgan fingerprint density at radius 1 is 1.17 bits per heavy atom. The minimum absolute atomic E-state index is 0.608. The lowest BCUT2D eigenvalue weighted by molar-refractivity contribution is 0.111. The van der Waals surface area contributed by atoms with Crippen molar-refractivity contribution >= 4 is 0 Å². The zero-order valence-corrected chi connectivity index (χ0v) is 11.7. The second kappa shape index (κ2) is 8.95. The quantitative estimate of drug-likeness (QED) is 0.685. The maximum atomic E-state index is 5.50. The van der Waals surface area contributed by atoms with Crippen LogP contribution in [0.15, 0.2) is 24.3 Å². The third-order valence-electron chi connectivity index (χ3n) is 2.44. The number of benzene rings is 1. The third-order valence-corrected chi connectivity index (χ3v) is 2.44. The molecule has 0 aliphatic heterocycles. The average molecular weight is 251 g/mol. The summed E-state index contributed by atoms with van der Waals surface area (Å²) in [6, 6.07) is 8.20. The molecule has 1 aromatic carbocycles. The Morgan fingerprint density at radius 3 is 2.50 bits per heavy atom. The van der Waals surface area contributed by atoms with Gasteiger partial charge in [0.25, 0.3) is 0 Å². The molecule has 18 heavy (non-hydrogen) atoms. The first-order chi connectivity index (χ1) is 8.72. The number of hydrogen-bond acceptors (Lipinski definition) is 3. The topological polar surface area (TPSA) is 30.5 Å².